The molecule has 0 aliphatic carbocycles. The molecule has 1 heterocycles. The number of methoxy groups -OCH3 is 1. The van der Waals surface area contributed by atoms with Crippen molar-refractivity contribution in [1.29, 1.82) is 0 Å². The van der Waals surface area contributed by atoms with Crippen LogP contribution < -0.4 is 4.74 Å². The number of Topliss-reactive ketones (excluding diaryl/α,β-unsaturated/α-hetero) is 1. The van der Waals surface area contributed by atoms with Gasteiger partial charge in [0.05, 0.1) is 25.8 Å². The average molecular weight is 408 g/mol. The van der Waals surface area contributed by atoms with Crippen LogP contribution >= 0.6 is 0 Å². The number of ketones is 1. The Labute approximate surface area is 175 Å². The lowest BCUT2D eigenvalue weighted by atomic mass is 10.1. The van der Waals surface area contributed by atoms with Crippen molar-refractivity contribution < 1.29 is 23.9 Å². The zero-order valence-corrected chi connectivity index (χ0v) is 17.0. The number of ether oxygens (including phenoxy) is 2. The van der Waals surface area contributed by atoms with Crippen molar-refractivity contribution in [1.82, 2.24) is 5.01 Å². The summed E-state index contributed by atoms with van der Waals surface area (Å²) in [6.45, 7) is 2.01. The Morgan fingerprint density at radius 2 is 1.73 bits per heavy atom. The highest BCUT2D eigenvalue weighted by Crippen LogP contribution is 2.16. The molecule has 0 bridgehead atoms. The van der Waals surface area contributed by atoms with Crippen LogP contribution in [0.4, 0.5) is 0 Å². The van der Waals surface area contributed by atoms with Gasteiger partial charge in [-0.2, -0.15) is 5.10 Å². The van der Waals surface area contributed by atoms with Gasteiger partial charge in [-0.25, -0.2) is 5.01 Å². The van der Waals surface area contributed by atoms with Crippen LogP contribution in [0, 0.1) is 0 Å². The van der Waals surface area contributed by atoms with E-state index in [0.717, 1.165) is 11.3 Å². The third-order valence-electron chi connectivity index (χ3n) is 4.79. The van der Waals surface area contributed by atoms with Crippen molar-refractivity contribution in [2.45, 2.75) is 32.3 Å². The van der Waals surface area contributed by atoms with Gasteiger partial charge < -0.3 is 9.47 Å². The van der Waals surface area contributed by atoms with Gasteiger partial charge in [-0.05, 0) is 36.8 Å². The predicted molar refractivity (Wildman–Crippen MR) is 111 cm³/mol. The van der Waals surface area contributed by atoms with Gasteiger partial charge in [-0.1, -0.05) is 30.3 Å². The molecule has 0 fully saturated rings. The first-order valence-corrected chi connectivity index (χ1v) is 9.79. The number of hydrogen-bond donors (Lipinski definition) is 0. The van der Waals surface area contributed by atoms with Gasteiger partial charge in [0, 0.05) is 18.4 Å². The quantitative estimate of drug-likeness (QED) is 0.495. The molecule has 1 atom stereocenters. The molecule has 156 valence electrons. The van der Waals surface area contributed by atoms with Crippen LogP contribution in [-0.4, -0.2) is 48.1 Å². The Morgan fingerprint density at radius 3 is 2.40 bits per heavy atom. The number of amides is 1. The fraction of sp³-hybridized carbons (Fsp3) is 0.304. The van der Waals surface area contributed by atoms with Crippen molar-refractivity contribution >= 4 is 23.4 Å². The van der Waals surface area contributed by atoms with E-state index in [0.29, 0.717) is 24.3 Å². The summed E-state index contributed by atoms with van der Waals surface area (Å²) >= 11 is 0. The Hall–Kier alpha value is -3.48. The summed E-state index contributed by atoms with van der Waals surface area (Å²) in [5.41, 5.74) is 2.26. The maximum Gasteiger partial charge on any atom is 0.307 e. The number of rotatable bonds is 8. The van der Waals surface area contributed by atoms with Crippen molar-refractivity contribution in [2.75, 3.05) is 13.7 Å². The van der Waals surface area contributed by atoms with Crippen molar-refractivity contribution in [3.63, 3.8) is 0 Å². The summed E-state index contributed by atoms with van der Waals surface area (Å²) in [7, 11) is 1.54. The Balaban J connectivity index is 1.47. The van der Waals surface area contributed by atoms with Crippen molar-refractivity contribution in [3.05, 3.63) is 65.7 Å². The number of nitrogens with zero attached hydrogens (tertiary/aromatic N) is 2. The third kappa shape index (κ3) is 5.31. The highest BCUT2D eigenvalue weighted by atomic mass is 16.5. The molecule has 30 heavy (non-hydrogen) atoms. The summed E-state index contributed by atoms with van der Waals surface area (Å²) in [5, 5.41) is 5.75. The maximum absolute atomic E-state index is 12.4. The number of benzene rings is 2. The molecule has 0 saturated carbocycles. The van der Waals surface area contributed by atoms with E-state index in [9.17, 15) is 14.4 Å². The molecule has 0 N–H and O–H groups in total. The van der Waals surface area contributed by atoms with E-state index < -0.39 is 12.1 Å². The summed E-state index contributed by atoms with van der Waals surface area (Å²) in [6.07, 6.45) is -0.386. The summed E-state index contributed by atoms with van der Waals surface area (Å²) in [6, 6.07) is 16.2. The first-order chi connectivity index (χ1) is 14.5. The highest BCUT2D eigenvalue weighted by Gasteiger charge is 2.24. The molecule has 0 unspecified atom stereocenters. The molecule has 0 spiro atoms. The van der Waals surface area contributed by atoms with Crippen LogP contribution in [0.25, 0.3) is 0 Å². The molecule has 0 radical (unpaired) electrons. The molecule has 3 rings (SSSR count). The fourth-order valence-corrected chi connectivity index (χ4v) is 3.11. The summed E-state index contributed by atoms with van der Waals surface area (Å²) < 4.78 is 10.3. The largest absolute Gasteiger partial charge is 0.497 e. The van der Waals surface area contributed by atoms with Crippen LogP contribution in [0.2, 0.25) is 0 Å². The monoisotopic (exact) mass is 408 g/mol. The first-order valence-electron chi connectivity index (χ1n) is 9.79. The molecular formula is C23H24N2O5. The lowest BCUT2D eigenvalue weighted by molar-refractivity contribution is -0.148. The minimum Gasteiger partial charge on any atom is -0.497 e. The number of hydrazone groups is 1. The van der Waals surface area contributed by atoms with Crippen LogP contribution in [-0.2, 0) is 14.3 Å². The average Bonchev–Trinajstić information content (AvgIpc) is 3.28. The highest BCUT2D eigenvalue weighted by molar-refractivity contribution is 6.03. The van der Waals surface area contributed by atoms with E-state index in [2.05, 4.69) is 5.10 Å². The Kier molecular flexibility index (Phi) is 6.95. The zero-order valence-electron chi connectivity index (χ0n) is 17.0. The zero-order chi connectivity index (χ0) is 21.5. The Morgan fingerprint density at radius 1 is 1.03 bits per heavy atom. The van der Waals surface area contributed by atoms with Gasteiger partial charge in [-0.15, -0.1) is 0 Å². The van der Waals surface area contributed by atoms with E-state index in [-0.39, 0.29) is 24.5 Å². The number of carbonyl (C=O) groups is 3. The predicted octanol–water partition coefficient (Wildman–Crippen LogP) is 3.23. The van der Waals surface area contributed by atoms with Gasteiger partial charge in [0.15, 0.2) is 6.10 Å². The van der Waals surface area contributed by atoms with Gasteiger partial charge in [0.2, 0.25) is 11.7 Å². The molecule has 1 aliphatic rings. The molecule has 2 aromatic rings. The van der Waals surface area contributed by atoms with Crippen LogP contribution in [0.1, 0.15) is 42.1 Å². The molecule has 1 amide bonds. The minimum absolute atomic E-state index is 0.0200. The van der Waals surface area contributed by atoms with Gasteiger partial charge in [0.1, 0.15) is 5.75 Å². The van der Waals surface area contributed by atoms with Gasteiger partial charge in [-0.3, -0.25) is 14.4 Å². The third-order valence-corrected chi connectivity index (χ3v) is 4.79. The second-order valence-corrected chi connectivity index (χ2v) is 6.90. The Bertz CT molecular complexity index is 938. The molecule has 7 nitrogen and oxygen atoms in total. The van der Waals surface area contributed by atoms with Crippen LogP contribution in [0.3, 0.4) is 0 Å². The number of hydrogen-bond acceptors (Lipinski definition) is 6. The lowest BCUT2D eigenvalue weighted by Crippen LogP contribution is -2.27. The van der Waals surface area contributed by atoms with Crippen LogP contribution in [0.15, 0.2) is 59.7 Å². The molecule has 1 aliphatic heterocycles. The fourth-order valence-electron chi connectivity index (χ4n) is 3.11. The van der Waals surface area contributed by atoms with Crippen LogP contribution in [0.5, 0.6) is 5.75 Å². The lowest BCUT2D eigenvalue weighted by Gasteiger charge is -2.14. The second-order valence-electron chi connectivity index (χ2n) is 6.90. The van der Waals surface area contributed by atoms with Crippen molar-refractivity contribution in [2.24, 2.45) is 5.10 Å². The van der Waals surface area contributed by atoms with E-state index >= 15 is 0 Å². The standard InChI is InChI=1S/C23H24N2O5/c1-16(23(28)18-8-10-19(29-2)11-9-18)30-22(27)13-12-21(26)25-15-14-20(24-25)17-6-4-3-5-7-17/h3-11,16H,12-15H2,1-2H3/t16-/m0/s1. The normalized spacial score (nSPS) is 14.1. The second kappa shape index (κ2) is 9.82. The van der Waals surface area contributed by atoms with E-state index in [4.69, 9.17) is 9.47 Å². The molecule has 0 saturated heterocycles. The molecule has 0 aromatic heterocycles. The smallest absolute Gasteiger partial charge is 0.307 e. The molecule has 7 heteroatoms. The topological polar surface area (TPSA) is 85.3 Å². The SMILES string of the molecule is COc1ccc(C(=O)[C@H](C)OC(=O)CCC(=O)N2CCC(c3ccccc3)=N2)cc1. The van der Waals surface area contributed by atoms with E-state index in [1.165, 1.54) is 11.9 Å². The molecule has 2 aromatic carbocycles. The summed E-state index contributed by atoms with van der Waals surface area (Å²) in [4.78, 5) is 36.8. The summed E-state index contributed by atoms with van der Waals surface area (Å²) in [5.74, 6) is -0.514. The van der Waals surface area contributed by atoms with Gasteiger partial charge in [0.25, 0.3) is 0 Å². The molecular weight excluding hydrogens is 384 g/mol. The van der Waals surface area contributed by atoms with E-state index in [1.807, 2.05) is 30.3 Å². The van der Waals surface area contributed by atoms with Gasteiger partial charge >= 0.3 is 5.97 Å². The first kappa shape index (κ1) is 21.2. The minimum atomic E-state index is -0.935. The van der Waals surface area contributed by atoms with Crippen molar-refractivity contribution in [3.8, 4) is 5.75 Å². The van der Waals surface area contributed by atoms with E-state index in [1.54, 1.807) is 31.4 Å². The maximum atomic E-state index is 12.4. The number of carbonyl (C=O) groups excluding carboxylic acids is 3. The number of esters is 1.